The van der Waals surface area contributed by atoms with Crippen LogP contribution in [0.2, 0.25) is 5.02 Å². The van der Waals surface area contributed by atoms with E-state index in [2.05, 4.69) is 16.4 Å². The molecule has 0 spiro atoms. The van der Waals surface area contributed by atoms with E-state index >= 15 is 0 Å². The number of fused-ring (bicyclic) bond motifs is 2. The topological polar surface area (TPSA) is 75.0 Å². The highest BCUT2D eigenvalue weighted by atomic mass is 35.5. The van der Waals surface area contributed by atoms with Gasteiger partial charge in [0.25, 0.3) is 0 Å². The molecule has 0 aliphatic carbocycles. The van der Waals surface area contributed by atoms with E-state index in [0.717, 1.165) is 16.3 Å². The first-order valence-electron chi connectivity index (χ1n) is 8.16. The Morgan fingerprint density at radius 3 is 3.00 bits per heavy atom. The number of halogens is 1. The Morgan fingerprint density at radius 2 is 2.15 bits per heavy atom. The molecule has 1 unspecified atom stereocenters. The molecule has 2 heterocycles. The lowest BCUT2D eigenvalue weighted by Crippen LogP contribution is -2.26. The third-order valence-electron chi connectivity index (χ3n) is 4.48. The third kappa shape index (κ3) is 2.96. The van der Waals surface area contributed by atoms with E-state index in [4.69, 9.17) is 21.6 Å². The first-order valence-corrected chi connectivity index (χ1v) is 8.54. The third-order valence-corrected chi connectivity index (χ3v) is 4.71. The van der Waals surface area contributed by atoms with Crippen molar-refractivity contribution < 1.29 is 9.53 Å². The first kappa shape index (κ1) is 16.4. The van der Waals surface area contributed by atoms with E-state index in [1.165, 1.54) is 0 Å². The van der Waals surface area contributed by atoms with Crippen LogP contribution in [0, 0.1) is 11.3 Å². The van der Waals surface area contributed by atoms with Gasteiger partial charge in [-0.15, -0.1) is 0 Å². The van der Waals surface area contributed by atoms with Crippen LogP contribution in [-0.2, 0) is 4.79 Å². The number of aromatic nitrogens is 1. The zero-order chi connectivity index (χ0) is 18.1. The van der Waals surface area contributed by atoms with Crippen LogP contribution in [0.1, 0.15) is 23.5 Å². The summed E-state index contributed by atoms with van der Waals surface area (Å²) in [5.41, 5.74) is 1.90. The minimum atomic E-state index is -0.355. The average Bonchev–Trinajstić information content (AvgIpc) is 2.67. The number of anilines is 1. The van der Waals surface area contributed by atoms with Gasteiger partial charge in [-0.25, -0.2) is 0 Å². The van der Waals surface area contributed by atoms with Crippen LogP contribution < -0.4 is 10.1 Å². The number of nitriles is 1. The molecule has 1 aliphatic heterocycles. The van der Waals surface area contributed by atoms with Gasteiger partial charge >= 0.3 is 0 Å². The monoisotopic (exact) mass is 363 g/mol. The maximum absolute atomic E-state index is 12.9. The maximum Gasteiger partial charge on any atom is 0.232 e. The lowest BCUT2D eigenvalue weighted by Gasteiger charge is -2.25. The van der Waals surface area contributed by atoms with E-state index in [1.807, 2.05) is 6.07 Å². The van der Waals surface area contributed by atoms with Gasteiger partial charge in [0.1, 0.15) is 5.75 Å². The quantitative estimate of drug-likeness (QED) is 0.738. The van der Waals surface area contributed by atoms with Crippen LogP contribution in [-0.4, -0.2) is 17.5 Å². The van der Waals surface area contributed by atoms with Crippen molar-refractivity contribution in [3.05, 3.63) is 64.9 Å². The molecule has 26 heavy (non-hydrogen) atoms. The molecular weight excluding hydrogens is 350 g/mol. The molecule has 0 saturated heterocycles. The van der Waals surface area contributed by atoms with Gasteiger partial charge < -0.3 is 10.1 Å². The number of benzene rings is 2. The number of amides is 1. The summed E-state index contributed by atoms with van der Waals surface area (Å²) in [6, 6.07) is 12.7. The van der Waals surface area contributed by atoms with E-state index in [-0.39, 0.29) is 11.8 Å². The number of nitrogens with zero attached hydrogens (tertiary/aromatic N) is 2. The second-order valence-electron chi connectivity index (χ2n) is 6.10. The summed E-state index contributed by atoms with van der Waals surface area (Å²) in [7, 11) is 0. The summed E-state index contributed by atoms with van der Waals surface area (Å²) in [5.74, 6) is 0.184. The summed E-state index contributed by atoms with van der Waals surface area (Å²) < 4.78 is 5.62. The van der Waals surface area contributed by atoms with Crippen LogP contribution >= 0.6 is 11.6 Å². The molecule has 128 valence electrons. The van der Waals surface area contributed by atoms with Gasteiger partial charge in [0, 0.05) is 27.6 Å². The molecule has 5 nitrogen and oxygen atoms in total. The van der Waals surface area contributed by atoms with Crippen molar-refractivity contribution in [2.24, 2.45) is 0 Å². The summed E-state index contributed by atoms with van der Waals surface area (Å²) in [6.07, 6.45) is 3.87. The minimum Gasteiger partial charge on any atom is -0.493 e. The number of pyridine rings is 1. The zero-order valence-electron chi connectivity index (χ0n) is 13.7. The highest BCUT2D eigenvalue weighted by Gasteiger charge is 2.28. The normalized spacial score (nSPS) is 15.6. The predicted octanol–water partition coefficient (Wildman–Crippen LogP) is 4.26. The van der Waals surface area contributed by atoms with Gasteiger partial charge in [0.15, 0.2) is 0 Å². The molecule has 6 heteroatoms. The molecule has 2 aromatic carbocycles. The van der Waals surface area contributed by atoms with E-state index in [0.29, 0.717) is 35.1 Å². The minimum absolute atomic E-state index is 0.145. The molecule has 1 aliphatic rings. The summed E-state index contributed by atoms with van der Waals surface area (Å²) in [6.45, 7) is 0.471. The van der Waals surface area contributed by atoms with Gasteiger partial charge in [-0.1, -0.05) is 17.7 Å². The predicted molar refractivity (Wildman–Crippen MR) is 99.4 cm³/mol. The number of carbonyl (C=O) groups is 1. The fourth-order valence-corrected chi connectivity index (χ4v) is 3.37. The Labute approximate surface area is 155 Å². The van der Waals surface area contributed by atoms with E-state index < -0.39 is 0 Å². The smallest absolute Gasteiger partial charge is 0.232 e. The largest absolute Gasteiger partial charge is 0.493 e. The molecule has 0 fully saturated rings. The SMILES string of the molecule is N#Cc1ccc2cncc(NC(=O)C3CCOc4ccc(Cl)cc43)c2c1. The Bertz CT molecular complexity index is 1060. The average molecular weight is 364 g/mol. The van der Waals surface area contributed by atoms with Gasteiger partial charge in [-0.05, 0) is 36.8 Å². The van der Waals surface area contributed by atoms with Gasteiger partial charge in [0.2, 0.25) is 5.91 Å². The van der Waals surface area contributed by atoms with Crippen molar-refractivity contribution in [1.29, 1.82) is 5.26 Å². The van der Waals surface area contributed by atoms with Crippen LogP contribution in [0.5, 0.6) is 5.75 Å². The molecule has 0 bridgehead atoms. The number of nitrogens with one attached hydrogen (secondary N) is 1. The second-order valence-corrected chi connectivity index (χ2v) is 6.53. The fraction of sp³-hybridized carbons (Fsp3) is 0.150. The van der Waals surface area contributed by atoms with Crippen molar-refractivity contribution in [1.82, 2.24) is 4.98 Å². The first-order chi connectivity index (χ1) is 12.7. The van der Waals surface area contributed by atoms with E-state index in [1.54, 1.807) is 42.7 Å². The summed E-state index contributed by atoms with van der Waals surface area (Å²) in [5, 5.41) is 14.3. The lowest BCUT2D eigenvalue weighted by molar-refractivity contribution is -0.118. The van der Waals surface area contributed by atoms with Crippen LogP contribution in [0.15, 0.2) is 48.8 Å². The molecule has 0 radical (unpaired) electrons. The van der Waals surface area contributed by atoms with Gasteiger partial charge in [-0.2, -0.15) is 5.26 Å². The van der Waals surface area contributed by atoms with Crippen LogP contribution in [0.25, 0.3) is 10.8 Å². The molecule has 1 N–H and O–H groups in total. The van der Waals surface area contributed by atoms with Gasteiger partial charge in [-0.3, -0.25) is 9.78 Å². The van der Waals surface area contributed by atoms with Crippen molar-refractivity contribution in [2.75, 3.05) is 11.9 Å². The molecule has 1 amide bonds. The maximum atomic E-state index is 12.9. The summed E-state index contributed by atoms with van der Waals surface area (Å²) >= 11 is 6.09. The molecular formula is C20H14ClN3O2. The number of ether oxygens (including phenoxy) is 1. The summed E-state index contributed by atoms with van der Waals surface area (Å²) in [4.78, 5) is 17.1. The Morgan fingerprint density at radius 1 is 1.27 bits per heavy atom. The van der Waals surface area contributed by atoms with Crippen LogP contribution in [0.4, 0.5) is 5.69 Å². The highest BCUT2D eigenvalue weighted by molar-refractivity contribution is 6.30. The molecule has 1 atom stereocenters. The fourth-order valence-electron chi connectivity index (χ4n) is 3.19. The highest BCUT2D eigenvalue weighted by Crippen LogP contribution is 2.36. The number of carbonyl (C=O) groups excluding carboxylic acids is 1. The van der Waals surface area contributed by atoms with Crippen LogP contribution in [0.3, 0.4) is 0 Å². The molecule has 3 aromatic rings. The number of hydrogen-bond donors (Lipinski definition) is 1. The Balaban J connectivity index is 1.69. The Hall–Kier alpha value is -3.10. The second kappa shape index (κ2) is 6.66. The lowest BCUT2D eigenvalue weighted by atomic mass is 9.92. The zero-order valence-corrected chi connectivity index (χ0v) is 14.5. The number of hydrogen-bond acceptors (Lipinski definition) is 4. The molecule has 4 rings (SSSR count). The van der Waals surface area contributed by atoms with Gasteiger partial charge in [0.05, 0.1) is 36.0 Å². The van der Waals surface area contributed by atoms with E-state index in [9.17, 15) is 4.79 Å². The molecule has 1 aromatic heterocycles. The standard InChI is InChI=1S/C20H14ClN3O2/c21-14-3-4-19-17(8-14)15(5-6-26-19)20(25)24-18-11-23-10-13-2-1-12(9-22)7-16(13)18/h1-4,7-8,10-11,15H,5-6H2,(H,24,25). The van der Waals surface area contributed by atoms with Crippen molar-refractivity contribution >= 4 is 34.0 Å². The van der Waals surface area contributed by atoms with Crippen molar-refractivity contribution in [3.8, 4) is 11.8 Å². The Kier molecular flexibility index (Phi) is 4.19. The number of rotatable bonds is 2. The van der Waals surface area contributed by atoms with Crippen molar-refractivity contribution in [3.63, 3.8) is 0 Å². The molecule has 0 saturated carbocycles. The van der Waals surface area contributed by atoms with Crippen molar-refractivity contribution in [2.45, 2.75) is 12.3 Å².